The van der Waals surface area contributed by atoms with Gasteiger partial charge in [0.05, 0.1) is 6.42 Å². The van der Waals surface area contributed by atoms with Gasteiger partial charge in [-0.1, -0.05) is 15.9 Å². The van der Waals surface area contributed by atoms with E-state index < -0.39 is 5.97 Å². The van der Waals surface area contributed by atoms with Crippen molar-refractivity contribution in [2.75, 3.05) is 0 Å². The van der Waals surface area contributed by atoms with Crippen LogP contribution in [0.5, 0.6) is 0 Å². The van der Waals surface area contributed by atoms with Crippen molar-refractivity contribution in [1.82, 2.24) is 0 Å². The molecule has 9 heavy (non-hydrogen) atoms. The van der Waals surface area contributed by atoms with Gasteiger partial charge < -0.3 is 7.96 Å². The Bertz CT molecular complexity index is 130. The zero-order valence-corrected chi connectivity index (χ0v) is 8.06. The second-order valence-electron chi connectivity index (χ2n) is 2.22. The van der Waals surface area contributed by atoms with E-state index in [1.165, 1.54) is 0 Å². The maximum atomic E-state index is 10.0. The van der Waals surface area contributed by atoms with E-state index >= 15 is 0 Å². The van der Waals surface area contributed by atoms with Gasteiger partial charge in [0.15, 0.2) is 0 Å². The minimum Gasteiger partial charge on any atom is -1.00 e. The standard InChI is InChI=1S/C5H7BrO2.Mg.2H/c6-5(1-2-5)3-4(7)8;;;/h1-3H2,(H,7,8);;;/q;+2;2*-1. The average Bonchev–Trinajstić information content (AvgIpc) is 2.17. The van der Waals surface area contributed by atoms with Crippen molar-refractivity contribution in [2.24, 2.45) is 0 Å². The summed E-state index contributed by atoms with van der Waals surface area (Å²) in [5.41, 5.74) is 0. The van der Waals surface area contributed by atoms with E-state index in [1.807, 2.05) is 0 Å². The molecule has 50 valence electrons. The number of rotatable bonds is 2. The van der Waals surface area contributed by atoms with E-state index in [0.717, 1.165) is 12.8 Å². The number of hydrogen-bond acceptors (Lipinski definition) is 1. The molecule has 0 amide bonds. The number of carboxylic acid groups (broad SMARTS) is 1. The molecular weight excluding hydrogens is 196 g/mol. The SMILES string of the molecule is O=C(O)CC1(Br)CC1.[H-].[H-].[Mg+2]. The number of hydrogen-bond donors (Lipinski definition) is 1. The number of aliphatic carboxylic acids is 1. The van der Waals surface area contributed by atoms with Gasteiger partial charge in [-0.05, 0) is 12.8 Å². The van der Waals surface area contributed by atoms with Crippen LogP contribution in [-0.4, -0.2) is 38.5 Å². The summed E-state index contributed by atoms with van der Waals surface area (Å²) in [5.74, 6) is -0.709. The molecule has 1 aliphatic carbocycles. The molecule has 1 aliphatic rings. The van der Waals surface area contributed by atoms with Crippen LogP contribution < -0.4 is 0 Å². The molecule has 1 rings (SSSR count). The monoisotopic (exact) mass is 204 g/mol. The molecule has 0 spiro atoms. The first-order valence-corrected chi connectivity index (χ1v) is 3.32. The van der Waals surface area contributed by atoms with Crippen LogP contribution in [0, 0.1) is 0 Å². The summed E-state index contributed by atoms with van der Waals surface area (Å²) in [6, 6.07) is 0. The average molecular weight is 205 g/mol. The summed E-state index contributed by atoms with van der Waals surface area (Å²) in [7, 11) is 0. The zero-order valence-electron chi connectivity index (χ0n) is 7.06. The summed E-state index contributed by atoms with van der Waals surface area (Å²) >= 11 is 3.31. The van der Waals surface area contributed by atoms with E-state index in [2.05, 4.69) is 15.9 Å². The number of carbonyl (C=O) groups is 1. The van der Waals surface area contributed by atoms with Crippen LogP contribution in [0.25, 0.3) is 0 Å². The molecule has 0 aromatic rings. The van der Waals surface area contributed by atoms with Crippen molar-refractivity contribution in [3.05, 3.63) is 0 Å². The van der Waals surface area contributed by atoms with Gasteiger partial charge in [0.25, 0.3) is 0 Å². The second-order valence-corrected chi connectivity index (χ2v) is 3.90. The molecule has 1 fully saturated rings. The molecule has 0 atom stereocenters. The van der Waals surface area contributed by atoms with Crippen molar-refractivity contribution in [3.63, 3.8) is 0 Å². The predicted molar refractivity (Wildman–Crippen MR) is 41.1 cm³/mol. The Balaban J connectivity index is -0.000000213. The largest absolute Gasteiger partial charge is 2.00 e. The van der Waals surface area contributed by atoms with E-state index in [1.54, 1.807) is 0 Å². The van der Waals surface area contributed by atoms with Crippen LogP contribution in [0.2, 0.25) is 0 Å². The second kappa shape index (κ2) is 3.21. The third-order valence-corrected chi connectivity index (χ3v) is 2.33. The van der Waals surface area contributed by atoms with Crippen LogP contribution in [0.1, 0.15) is 22.1 Å². The van der Waals surface area contributed by atoms with Gasteiger partial charge in [0, 0.05) is 4.32 Å². The zero-order chi connectivity index (χ0) is 6.20. The summed E-state index contributed by atoms with van der Waals surface area (Å²) in [6.45, 7) is 0. The molecule has 0 unspecified atom stereocenters. The van der Waals surface area contributed by atoms with Crippen molar-refractivity contribution < 1.29 is 12.8 Å². The first-order chi connectivity index (χ1) is 3.62. The Morgan fingerprint density at radius 3 is 2.33 bits per heavy atom. The molecule has 2 nitrogen and oxygen atoms in total. The first-order valence-electron chi connectivity index (χ1n) is 2.53. The Kier molecular flexibility index (Phi) is 3.46. The Morgan fingerprint density at radius 1 is 1.78 bits per heavy atom. The van der Waals surface area contributed by atoms with E-state index in [-0.39, 0.29) is 36.7 Å². The van der Waals surface area contributed by atoms with Crippen LogP contribution in [-0.2, 0) is 4.79 Å². The third-order valence-electron chi connectivity index (χ3n) is 1.26. The Labute approximate surface area is 81.3 Å². The third kappa shape index (κ3) is 3.42. The van der Waals surface area contributed by atoms with Crippen LogP contribution in [0.15, 0.2) is 0 Å². The maximum absolute atomic E-state index is 10.0. The van der Waals surface area contributed by atoms with Gasteiger partial charge in [-0.3, -0.25) is 4.79 Å². The van der Waals surface area contributed by atoms with E-state index in [9.17, 15) is 4.79 Å². The minimum absolute atomic E-state index is 0. The summed E-state index contributed by atoms with van der Waals surface area (Å²) < 4.78 is -0.0150. The van der Waals surface area contributed by atoms with Crippen LogP contribution in [0.3, 0.4) is 0 Å². The molecule has 0 heterocycles. The Hall–Kier alpha value is 0.716. The predicted octanol–water partition coefficient (Wildman–Crippen LogP) is 1.23. The first kappa shape index (κ1) is 9.72. The van der Waals surface area contributed by atoms with Crippen molar-refractivity contribution in [2.45, 2.75) is 23.6 Å². The van der Waals surface area contributed by atoms with Gasteiger partial charge in [0.1, 0.15) is 0 Å². The quantitative estimate of drug-likeness (QED) is 0.544. The molecule has 4 heteroatoms. The number of carboxylic acids is 1. The number of halogens is 1. The smallest absolute Gasteiger partial charge is 1.00 e. The summed E-state index contributed by atoms with van der Waals surface area (Å²) in [5, 5.41) is 8.26. The Morgan fingerprint density at radius 2 is 2.22 bits per heavy atom. The fourth-order valence-electron chi connectivity index (χ4n) is 0.583. The van der Waals surface area contributed by atoms with E-state index in [4.69, 9.17) is 5.11 Å². The molecule has 1 N–H and O–H groups in total. The molecule has 0 radical (unpaired) electrons. The van der Waals surface area contributed by atoms with Crippen LogP contribution in [0.4, 0.5) is 0 Å². The van der Waals surface area contributed by atoms with Gasteiger partial charge >= 0.3 is 29.0 Å². The molecule has 0 bridgehead atoms. The maximum Gasteiger partial charge on any atom is 2.00 e. The van der Waals surface area contributed by atoms with Gasteiger partial charge in [-0.2, -0.15) is 0 Å². The summed E-state index contributed by atoms with van der Waals surface area (Å²) in [4.78, 5) is 10.0. The number of alkyl halides is 1. The molecule has 0 saturated heterocycles. The molecule has 0 aromatic carbocycles. The molecular formula is C5H9BrMgO2. The van der Waals surface area contributed by atoms with Gasteiger partial charge in [-0.25, -0.2) is 0 Å². The summed E-state index contributed by atoms with van der Waals surface area (Å²) in [6.07, 6.45) is 2.30. The normalized spacial score (nSPS) is 20.1. The van der Waals surface area contributed by atoms with E-state index in [0.29, 0.717) is 0 Å². The van der Waals surface area contributed by atoms with Crippen molar-refractivity contribution in [3.8, 4) is 0 Å². The van der Waals surface area contributed by atoms with Crippen molar-refractivity contribution >= 4 is 45.0 Å². The van der Waals surface area contributed by atoms with Crippen molar-refractivity contribution in [1.29, 1.82) is 0 Å². The topological polar surface area (TPSA) is 37.3 Å². The molecule has 0 aliphatic heterocycles. The van der Waals surface area contributed by atoms with Gasteiger partial charge in [0.2, 0.25) is 0 Å². The molecule has 0 aromatic heterocycles. The van der Waals surface area contributed by atoms with Crippen LogP contribution >= 0.6 is 15.9 Å². The van der Waals surface area contributed by atoms with Gasteiger partial charge in [-0.15, -0.1) is 0 Å². The molecule has 1 saturated carbocycles. The fraction of sp³-hybridized carbons (Fsp3) is 0.800. The fourth-order valence-corrected chi connectivity index (χ4v) is 1.02. The minimum atomic E-state index is -0.709.